The molecule has 0 spiro atoms. The fourth-order valence-electron chi connectivity index (χ4n) is 5.24. The molecule has 0 aliphatic heterocycles. The number of aliphatic hydroxyl groups is 1. The van der Waals surface area contributed by atoms with Gasteiger partial charge in [-0.3, -0.25) is 0 Å². The van der Waals surface area contributed by atoms with Gasteiger partial charge in [0.15, 0.2) is 0 Å². The van der Waals surface area contributed by atoms with E-state index in [0.717, 1.165) is 5.56 Å². The zero-order valence-electron chi connectivity index (χ0n) is 14.6. The van der Waals surface area contributed by atoms with E-state index in [4.69, 9.17) is 0 Å². The van der Waals surface area contributed by atoms with Crippen LogP contribution in [0.2, 0.25) is 0 Å². The fraction of sp³-hybridized carbons (Fsp3) is 0.250. The first-order valence-electron chi connectivity index (χ1n) is 9.03. The first kappa shape index (κ1) is 14.9. The highest BCUT2D eigenvalue weighted by molar-refractivity contribution is 5.79. The van der Waals surface area contributed by atoms with Crippen molar-refractivity contribution in [1.82, 2.24) is 0 Å². The van der Waals surface area contributed by atoms with Crippen LogP contribution in [-0.4, -0.2) is 5.11 Å². The first-order valence-corrected chi connectivity index (χ1v) is 9.03. The Morgan fingerprint density at radius 1 is 0.680 bits per heavy atom. The normalized spacial score (nSPS) is 26.1. The standard InChI is InChI=1S/C24H22O/c1-23(2)22(24(23,25)16-10-4-3-5-11-16)21-19-14-8-6-12-17(19)18-13-7-9-15-20(18)21/h3-15,21-22,25H,1-2H3/t22-,24+/m1/s1. The van der Waals surface area contributed by atoms with Gasteiger partial charge in [-0.1, -0.05) is 92.7 Å². The third-order valence-corrected chi connectivity index (χ3v) is 6.56. The quantitative estimate of drug-likeness (QED) is 0.673. The summed E-state index contributed by atoms with van der Waals surface area (Å²) >= 11 is 0. The van der Waals surface area contributed by atoms with E-state index in [-0.39, 0.29) is 17.3 Å². The van der Waals surface area contributed by atoms with Crippen LogP contribution in [0.25, 0.3) is 11.1 Å². The van der Waals surface area contributed by atoms with Crippen molar-refractivity contribution in [2.24, 2.45) is 11.3 Å². The lowest BCUT2D eigenvalue weighted by Gasteiger charge is -2.17. The Morgan fingerprint density at radius 2 is 1.16 bits per heavy atom. The van der Waals surface area contributed by atoms with Gasteiger partial charge in [-0.2, -0.15) is 0 Å². The largest absolute Gasteiger partial charge is 0.384 e. The average molecular weight is 326 g/mol. The molecule has 5 rings (SSSR count). The highest BCUT2D eigenvalue weighted by Gasteiger charge is 2.74. The molecule has 1 N–H and O–H groups in total. The van der Waals surface area contributed by atoms with E-state index in [0.29, 0.717) is 0 Å². The molecule has 25 heavy (non-hydrogen) atoms. The molecule has 2 atom stereocenters. The zero-order valence-corrected chi connectivity index (χ0v) is 14.6. The molecule has 2 aliphatic rings. The van der Waals surface area contributed by atoms with Gasteiger partial charge in [0.2, 0.25) is 0 Å². The molecule has 1 saturated carbocycles. The molecule has 124 valence electrons. The molecule has 3 aromatic rings. The number of hydrogen-bond donors (Lipinski definition) is 1. The minimum Gasteiger partial charge on any atom is -0.384 e. The third kappa shape index (κ3) is 1.77. The molecule has 0 bridgehead atoms. The van der Waals surface area contributed by atoms with Crippen LogP contribution in [0.4, 0.5) is 0 Å². The summed E-state index contributed by atoms with van der Waals surface area (Å²) in [4.78, 5) is 0. The molecule has 2 aliphatic carbocycles. The Kier molecular flexibility index (Phi) is 2.88. The topological polar surface area (TPSA) is 20.2 Å². The fourth-order valence-corrected chi connectivity index (χ4v) is 5.24. The molecule has 0 aromatic heterocycles. The van der Waals surface area contributed by atoms with Crippen molar-refractivity contribution in [3.8, 4) is 11.1 Å². The van der Waals surface area contributed by atoms with Crippen LogP contribution in [0.15, 0.2) is 78.9 Å². The molecule has 0 saturated heterocycles. The van der Waals surface area contributed by atoms with Crippen LogP contribution in [0.3, 0.4) is 0 Å². The van der Waals surface area contributed by atoms with Gasteiger partial charge >= 0.3 is 0 Å². The van der Waals surface area contributed by atoms with E-state index in [2.05, 4.69) is 74.5 Å². The van der Waals surface area contributed by atoms with E-state index in [1.807, 2.05) is 18.2 Å². The smallest absolute Gasteiger partial charge is 0.0994 e. The lowest BCUT2D eigenvalue weighted by molar-refractivity contribution is 0.0983. The highest BCUT2D eigenvalue weighted by Crippen LogP contribution is 2.74. The van der Waals surface area contributed by atoms with Crippen LogP contribution in [0.1, 0.15) is 36.5 Å². The van der Waals surface area contributed by atoms with Crippen molar-refractivity contribution in [3.63, 3.8) is 0 Å². The number of benzene rings is 3. The lowest BCUT2D eigenvalue weighted by atomic mass is 9.87. The monoisotopic (exact) mass is 326 g/mol. The summed E-state index contributed by atoms with van der Waals surface area (Å²) in [6, 6.07) is 27.5. The van der Waals surface area contributed by atoms with Gasteiger partial charge in [0.1, 0.15) is 0 Å². The third-order valence-electron chi connectivity index (χ3n) is 6.56. The maximum atomic E-state index is 11.7. The second-order valence-electron chi connectivity index (χ2n) is 7.98. The van der Waals surface area contributed by atoms with Crippen molar-refractivity contribution in [2.45, 2.75) is 25.4 Å². The summed E-state index contributed by atoms with van der Waals surface area (Å²) in [5, 5.41) is 11.7. The predicted octanol–water partition coefficient (Wildman–Crippen LogP) is 5.34. The summed E-state index contributed by atoms with van der Waals surface area (Å²) in [5.74, 6) is 0.416. The molecule has 3 aromatic carbocycles. The molecule has 1 nitrogen and oxygen atoms in total. The Labute approximate surface area is 149 Å². The first-order chi connectivity index (χ1) is 12.1. The molecule has 1 heteroatoms. The van der Waals surface area contributed by atoms with Gasteiger partial charge in [-0.25, -0.2) is 0 Å². The number of fused-ring (bicyclic) bond motifs is 3. The molecule has 0 heterocycles. The summed E-state index contributed by atoms with van der Waals surface area (Å²) in [6.45, 7) is 4.41. The van der Waals surface area contributed by atoms with Crippen LogP contribution in [0, 0.1) is 11.3 Å². The lowest BCUT2D eigenvalue weighted by Crippen LogP contribution is -2.15. The van der Waals surface area contributed by atoms with Crippen LogP contribution in [-0.2, 0) is 5.60 Å². The van der Waals surface area contributed by atoms with Crippen molar-refractivity contribution < 1.29 is 5.11 Å². The average Bonchev–Trinajstić information content (AvgIpc) is 2.95. The summed E-state index contributed by atoms with van der Waals surface area (Å²) in [6.07, 6.45) is 0. The van der Waals surface area contributed by atoms with E-state index in [9.17, 15) is 5.11 Å². The van der Waals surface area contributed by atoms with Gasteiger partial charge < -0.3 is 5.11 Å². The van der Waals surface area contributed by atoms with Gasteiger partial charge in [0.05, 0.1) is 5.60 Å². The highest BCUT2D eigenvalue weighted by atomic mass is 16.3. The molecule has 0 unspecified atom stereocenters. The predicted molar refractivity (Wildman–Crippen MR) is 101 cm³/mol. The maximum Gasteiger partial charge on any atom is 0.0994 e. The maximum absolute atomic E-state index is 11.7. The van der Waals surface area contributed by atoms with Gasteiger partial charge in [-0.15, -0.1) is 0 Å². The van der Waals surface area contributed by atoms with Crippen LogP contribution < -0.4 is 0 Å². The van der Waals surface area contributed by atoms with E-state index in [1.54, 1.807) is 0 Å². The Hall–Kier alpha value is -2.38. The molecular weight excluding hydrogens is 304 g/mol. The molecule has 0 amide bonds. The number of rotatable bonds is 2. The molecule has 0 radical (unpaired) electrons. The SMILES string of the molecule is CC1(C)[C@@H](C2c3ccccc3-c3ccccc32)[C@@]1(O)c1ccccc1. The Morgan fingerprint density at radius 3 is 1.72 bits per heavy atom. The number of hydrogen-bond acceptors (Lipinski definition) is 1. The van der Waals surface area contributed by atoms with E-state index in [1.165, 1.54) is 22.3 Å². The second-order valence-corrected chi connectivity index (χ2v) is 7.98. The van der Waals surface area contributed by atoms with Crippen molar-refractivity contribution in [3.05, 3.63) is 95.6 Å². The second kappa shape index (κ2) is 4.83. The van der Waals surface area contributed by atoms with Gasteiger partial charge in [0, 0.05) is 17.3 Å². The van der Waals surface area contributed by atoms with E-state index < -0.39 is 5.60 Å². The van der Waals surface area contributed by atoms with Crippen LogP contribution in [0.5, 0.6) is 0 Å². The Bertz CT molecular complexity index is 911. The zero-order chi connectivity index (χ0) is 17.2. The van der Waals surface area contributed by atoms with Gasteiger partial charge in [0.25, 0.3) is 0 Å². The Balaban J connectivity index is 1.70. The summed E-state index contributed by atoms with van der Waals surface area (Å²) in [7, 11) is 0. The summed E-state index contributed by atoms with van der Waals surface area (Å²) < 4.78 is 0. The molecular formula is C24H22O. The summed E-state index contributed by atoms with van der Waals surface area (Å²) in [5.41, 5.74) is 5.43. The minimum atomic E-state index is -0.788. The van der Waals surface area contributed by atoms with E-state index >= 15 is 0 Å². The van der Waals surface area contributed by atoms with Crippen molar-refractivity contribution in [1.29, 1.82) is 0 Å². The molecule has 1 fully saturated rings. The minimum absolute atomic E-state index is 0.163. The van der Waals surface area contributed by atoms with Gasteiger partial charge in [-0.05, 0) is 27.8 Å². The van der Waals surface area contributed by atoms with Crippen LogP contribution >= 0.6 is 0 Å². The van der Waals surface area contributed by atoms with Crippen molar-refractivity contribution >= 4 is 0 Å². The van der Waals surface area contributed by atoms with Crippen molar-refractivity contribution in [2.75, 3.05) is 0 Å².